The first-order valence-electron chi connectivity index (χ1n) is 9.57. The molecule has 0 amide bonds. The summed E-state index contributed by atoms with van der Waals surface area (Å²) in [4.78, 5) is 0. The highest BCUT2D eigenvalue weighted by atomic mass is 16.3. The molecule has 4 rings (SSSR count). The van der Waals surface area contributed by atoms with Gasteiger partial charge < -0.3 is 5.11 Å². The van der Waals surface area contributed by atoms with Gasteiger partial charge in [0.1, 0.15) is 5.75 Å². The van der Waals surface area contributed by atoms with E-state index in [9.17, 15) is 5.11 Å². The lowest BCUT2D eigenvalue weighted by Crippen LogP contribution is -1.80. The lowest BCUT2D eigenvalue weighted by Gasteiger charge is -2.08. The monoisotopic (exact) mass is 392 g/mol. The minimum absolute atomic E-state index is 0.243. The minimum Gasteiger partial charge on any atom is -0.508 e. The third-order valence-corrected chi connectivity index (χ3v) is 4.58. The third kappa shape index (κ3) is 4.47. The van der Waals surface area contributed by atoms with E-state index in [2.05, 4.69) is 20.5 Å². The van der Waals surface area contributed by atoms with Gasteiger partial charge in [0.05, 0.1) is 22.7 Å². The van der Waals surface area contributed by atoms with Crippen molar-refractivity contribution in [2.45, 2.75) is 6.92 Å². The van der Waals surface area contributed by atoms with Crippen LogP contribution in [0, 0.1) is 6.92 Å². The van der Waals surface area contributed by atoms with Gasteiger partial charge in [0.15, 0.2) is 0 Å². The van der Waals surface area contributed by atoms with Crippen LogP contribution in [0.4, 0.5) is 22.7 Å². The zero-order valence-electron chi connectivity index (χ0n) is 16.5. The maximum absolute atomic E-state index is 9.69. The van der Waals surface area contributed by atoms with E-state index in [1.54, 1.807) is 18.2 Å². The molecule has 0 saturated carbocycles. The highest BCUT2D eigenvalue weighted by Crippen LogP contribution is 2.37. The molecule has 146 valence electrons. The van der Waals surface area contributed by atoms with Gasteiger partial charge in [-0.2, -0.15) is 10.2 Å². The maximum Gasteiger partial charge on any atom is 0.118 e. The van der Waals surface area contributed by atoms with Crippen molar-refractivity contribution in [2.24, 2.45) is 20.5 Å². The minimum atomic E-state index is 0.243. The number of aryl methyl sites for hydroxylation is 1. The number of hydrogen-bond donors (Lipinski definition) is 1. The molecule has 5 nitrogen and oxygen atoms in total. The topological polar surface area (TPSA) is 69.7 Å². The van der Waals surface area contributed by atoms with Crippen LogP contribution in [0.5, 0.6) is 5.75 Å². The summed E-state index contributed by atoms with van der Waals surface area (Å²) < 4.78 is 0. The van der Waals surface area contributed by atoms with E-state index >= 15 is 0 Å². The zero-order valence-corrected chi connectivity index (χ0v) is 16.5. The Morgan fingerprint density at radius 1 is 0.533 bits per heavy atom. The van der Waals surface area contributed by atoms with Crippen molar-refractivity contribution in [3.8, 4) is 16.9 Å². The van der Waals surface area contributed by atoms with Crippen LogP contribution in [0.1, 0.15) is 5.56 Å². The van der Waals surface area contributed by atoms with Crippen LogP contribution < -0.4 is 0 Å². The number of azo groups is 2. The highest BCUT2D eigenvalue weighted by Gasteiger charge is 2.09. The van der Waals surface area contributed by atoms with Gasteiger partial charge in [0.25, 0.3) is 0 Å². The van der Waals surface area contributed by atoms with Crippen molar-refractivity contribution in [2.75, 3.05) is 0 Å². The molecule has 4 aromatic carbocycles. The second-order valence-electron chi connectivity index (χ2n) is 6.74. The number of phenols is 1. The third-order valence-electron chi connectivity index (χ3n) is 4.58. The molecule has 0 aliphatic carbocycles. The number of hydrogen-bond acceptors (Lipinski definition) is 5. The van der Waals surface area contributed by atoms with Crippen molar-refractivity contribution in [1.29, 1.82) is 0 Å². The van der Waals surface area contributed by atoms with Crippen LogP contribution >= 0.6 is 0 Å². The first-order valence-corrected chi connectivity index (χ1v) is 9.57. The lowest BCUT2D eigenvalue weighted by molar-refractivity contribution is 0.471. The number of aromatic hydroxyl groups is 1. The summed E-state index contributed by atoms with van der Waals surface area (Å²) in [7, 11) is 0. The molecule has 5 heteroatoms. The smallest absolute Gasteiger partial charge is 0.118 e. The fourth-order valence-corrected chi connectivity index (χ4v) is 3.00. The Bertz CT molecular complexity index is 1220. The molecule has 4 aromatic rings. The van der Waals surface area contributed by atoms with E-state index in [-0.39, 0.29) is 5.75 Å². The first-order chi connectivity index (χ1) is 14.7. The van der Waals surface area contributed by atoms with E-state index in [1.165, 1.54) is 0 Å². The Balaban J connectivity index is 1.70. The summed E-state index contributed by atoms with van der Waals surface area (Å²) in [5.74, 6) is 0.243. The van der Waals surface area contributed by atoms with Gasteiger partial charge >= 0.3 is 0 Å². The molecule has 0 aromatic heterocycles. The number of phenolic OH excluding ortho intramolecular Hbond substituents is 1. The van der Waals surface area contributed by atoms with Crippen molar-refractivity contribution < 1.29 is 5.11 Å². The molecule has 30 heavy (non-hydrogen) atoms. The van der Waals surface area contributed by atoms with Crippen LogP contribution in [0.15, 0.2) is 118 Å². The van der Waals surface area contributed by atoms with E-state index in [0.29, 0.717) is 5.69 Å². The molecule has 0 saturated heterocycles. The van der Waals surface area contributed by atoms with Gasteiger partial charge in [-0.3, -0.25) is 0 Å². The standard InChI is InChI=1S/C25H20N4O/c1-18-17-20(15-16-25(18)30)27-29-24-14-8-6-12-22(24)21-11-5-7-13-23(21)28-26-19-9-3-2-4-10-19/h2-17,30H,1H3. The van der Waals surface area contributed by atoms with E-state index < -0.39 is 0 Å². The average Bonchev–Trinajstić information content (AvgIpc) is 2.79. The summed E-state index contributed by atoms with van der Waals surface area (Å²) in [6, 6.07) is 30.4. The van der Waals surface area contributed by atoms with Gasteiger partial charge in [-0.1, -0.05) is 54.6 Å². The molecule has 0 fully saturated rings. The predicted octanol–water partition coefficient (Wildman–Crippen LogP) is 8.20. The second kappa shape index (κ2) is 8.92. The van der Waals surface area contributed by atoms with Crippen LogP contribution in [0.25, 0.3) is 11.1 Å². The van der Waals surface area contributed by atoms with Crippen molar-refractivity contribution in [1.82, 2.24) is 0 Å². The molecule has 0 atom stereocenters. The Morgan fingerprint density at radius 2 is 1.07 bits per heavy atom. The fraction of sp³-hybridized carbons (Fsp3) is 0.0400. The van der Waals surface area contributed by atoms with Crippen LogP contribution in [-0.4, -0.2) is 5.11 Å². The van der Waals surface area contributed by atoms with Crippen LogP contribution in [0.3, 0.4) is 0 Å². The molecule has 0 aliphatic heterocycles. The van der Waals surface area contributed by atoms with Gasteiger partial charge in [-0.25, -0.2) is 0 Å². The quantitative estimate of drug-likeness (QED) is 0.342. The number of benzene rings is 4. The Morgan fingerprint density at radius 3 is 1.67 bits per heavy atom. The van der Waals surface area contributed by atoms with Crippen molar-refractivity contribution in [3.05, 3.63) is 103 Å². The molecule has 0 bridgehead atoms. The molecule has 0 radical (unpaired) electrons. The van der Waals surface area contributed by atoms with Gasteiger partial charge in [0.2, 0.25) is 0 Å². The van der Waals surface area contributed by atoms with E-state index in [1.807, 2.05) is 85.8 Å². The molecule has 0 heterocycles. The molecule has 0 aliphatic rings. The van der Waals surface area contributed by atoms with Crippen LogP contribution in [0.2, 0.25) is 0 Å². The van der Waals surface area contributed by atoms with Crippen molar-refractivity contribution in [3.63, 3.8) is 0 Å². The Labute approximate surface area is 175 Å². The zero-order chi connectivity index (χ0) is 20.8. The highest BCUT2D eigenvalue weighted by molar-refractivity contribution is 5.83. The number of nitrogens with zero attached hydrogens (tertiary/aromatic N) is 4. The Kier molecular flexibility index (Phi) is 5.71. The largest absolute Gasteiger partial charge is 0.508 e. The number of rotatable bonds is 5. The van der Waals surface area contributed by atoms with Crippen molar-refractivity contribution >= 4 is 22.7 Å². The average molecular weight is 392 g/mol. The fourth-order valence-electron chi connectivity index (χ4n) is 3.00. The summed E-state index contributed by atoms with van der Waals surface area (Å²) in [5, 5.41) is 27.3. The summed E-state index contributed by atoms with van der Waals surface area (Å²) in [6.45, 7) is 1.83. The second-order valence-corrected chi connectivity index (χ2v) is 6.74. The SMILES string of the molecule is Cc1cc(N=Nc2ccccc2-c2ccccc2N=Nc2ccccc2)ccc1O. The first kappa shape index (κ1) is 19.2. The van der Waals surface area contributed by atoms with Crippen LogP contribution in [-0.2, 0) is 0 Å². The molecule has 0 unspecified atom stereocenters. The summed E-state index contributed by atoms with van der Waals surface area (Å²) in [6.07, 6.45) is 0. The summed E-state index contributed by atoms with van der Waals surface area (Å²) in [5.41, 5.74) is 5.55. The predicted molar refractivity (Wildman–Crippen MR) is 120 cm³/mol. The normalized spacial score (nSPS) is 11.4. The van der Waals surface area contributed by atoms with Gasteiger partial charge in [-0.05, 0) is 55.0 Å². The Hall–Kier alpha value is -4.12. The molecular weight excluding hydrogens is 372 g/mol. The summed E-state index contributed by atoms with van der Waals surface area (Å²) >= 11 is 0. The molecular formula is C25H20N4O. The van der Waals surface area contributed by atoms with E-state index in [0.717, 1.165) is 33.8 Å². The molecule has 0 spiro atoms. The lowest BCUT2D eigenvalue weighted by atomic mass is 10.0. The van der Waals surface area contributed by atoms with Gasteiger partial charge in [0, 0.05) is 11.1 Å². The van der Waals surface area contributed by atoms with Gasteiger partial charge in [-0.15, -0.1) is 10.2 Å². The van der Waals surface area contributed by atoms with E-state index in [4.69, 9.17) is 0 Å². The maximum atomic E-state index is 9.69. The molecule has 1 N–H and O–H groups in total.